The quantitative estimate of drug-likeness (QED) is 0.723. The van der Waals surface area contributed by atoms with E-state index in [9.17, 15) is 4.79 Å². The smallest absolute Gasteiger partial charge is 0.224 e. The number of anilines is 1. The Morgan fingerprint density at radius 3 is 3.05 bits per heavy atom. The molecule has 1 amide bonds. The molecule has 1 aromatic rings. The summed E-state index contributed by atoms with van der Waals surface area (Å²) >= 11 is 0. The lowest BCUT2D eigenvalue weighted by molar-refractivity contribution is -0.116. The lowest BCUT2D eigenvalue weighted by atomic mass is 10.0. The minimum absolute atomic E-state index is 0.0773. The molecule has 1 aromatic carbocycles. The second-order valence-corrected chi connectivity index (χ2v) is 5.64. The van der Waals surface area contributed by atoms with Crippen LogP contribution in [0.4, 0.5) is 5.69 Å². The second kappa shape index (κ2) is 8.67. The molecule has 1 atom stereocenters. The van der Waals surface area contributed by atoms with Crippen LogP contribution in [0.25, 0.3) is 0 Å². The van der Waals surface area contributed by atoms with Gasteiger partial charge >= 0.3 is 0 Å². The maximum atomic E-state index is 12.1. The van der Waals surface area contributed by atoms with Gasteiger partial charge in [-0.1, -0.05) is 25.5 Å². The third kappa shape index (κ3) is 5.38. The predicted molar refractivity (Wildman–Crippen MR) is 85.7 cm³/mol. The highest BCUT2D eigenvalue weighted by Crippen LogP contribution is 2.24. The summed E-state index contributed by atoms with van der Waals surface area (Å²) in [5.74, 6) is 1.49. The van der Waals surface area contributed by atoms with Crippen molar-refractivity contribution in [1.29, 1.82) is 0 Å². The molecule has 0 aromatic heterocycles. The maximum absolute atomic E-state index is 12.1. The highest BCUT2D eigenvalue weighted by Gasteiger charge is 2.16. The minimum atomic E-state index is 0.0773. The van der Waals surface area contributed by atoms with Crippen LogP contribution in [-0.4, -0.2) is 25.6 Å². The van der Waals surface area contributed by atoms with Gasteiger partial charge in [0.15, 0.2) is 0 Å². The zero-order chi connectivity index (χ0) is 14.9. The van der Waals surface area contributed by atoms with Crippen LogP contribution in [0, 0.1) is 5.92 Å². The summed E-state index contributed by atoms with van der Waals surface area (Å²) in [6.45, 7) is 4.95. The first-order valence-corrected chi connectivity index (χ1v) is 8.02. The van der Waals surface area contributed by atoms with E-state index < -0.39 is 0 Å². The molecule has 1 fully saturated rings. The molecule has 0 saturated carbocycles. The lowest BCUT2D eigenvalue weighted by Gasteiger charge is -2.13. The van der Waals surface area contributed by atoms with E-state index in [1.54, 1.807) is 0 Å². The summed E-state index contributed by atoms with van der Waals surface area (Å²) in [6.07, 6.45) is 4.85. The Bertz CT molecular complexity index is 442. The molecule has 1 aliphatic rings. The first kappa shape index (κ1) is 15.8. The van der Waals surface area contributed by atoms with E-state index in [1.807, 2.05) is 24.3 Å². The fourth-order valence-corrected chi connectivity index (χ4v) is 2.53. The normalized spacial score (nSPS) is 17.7. The van der Waals surface area contributed by atoms with E-state index in [1.165, 1.54) is 6.42 Å². The maximum Gasteiger partial charge on any atom is 0.224 e. The highest BCUT2D eigenvalue weighted by molar-refractivity contribution is 5.92. The number of ether oxygens (including phenoxy) is 1. The molecule has 1 saturated heterocycles. The monoisotopic (exact) mass is 290 g/mol. The number of hydrogen-bond donors (Lipinski definition) is 2. The van der Waals surface area contributed by atoms with Crippen LogP contribution in [0.1, 0.15) is 39.0 Å². The van der Waals surface area contributed by atoms with Crippen molar-refractivity contribution in [2.45, 2.75) is 39.0 Å². The van der Waals surface area contributed by atoms with Gasteiger partial charge in [-0.2, -0.15) is 0 Å². The Morgan fingerprint density at radius 1 is 1.43 bits per heavy atom. The largest absolute Gasteiger partial charge is 0.491 e. The highest BCUT2D eigenvalue weighted by atomic mass is 16.5. The second-order valence-electron chi connectivity index (χ2n) is 5.64. The zero-order valence-electron chi connectivity index (χ0n) is 12.9. The van der Waals surface area contributed by atoms with E-state index in [4.69, 9.17) is 4.74 Å². The summed E-state index contributed by atoms with van der Waals surface area (Å²) < 4.78 is 5.73. The molecule has 0 aliphatic carbocycles. The summed E-state index contributed by atoms with van der Waals surface area (Å²) in [7, 11) is 0. The van der Waals surface area contributed by atoms with Crippen molar-refractivity contribution < 1.29 is 9.53 Å². The van der Waals surface area contributed by atoms with Crippen molar-refractivity contribution in [1.82, 2.24) is 5.32 Å². The van der Waals surface area contributed by atoms with Gasteiger partial charge in [-0.15, -0.1) is 0 Å². The Balaban J connectivity index is 1.81. The lowest BCUT2D eigenvalue weighted by Crippen LogP contribution is -2.15. The van der Waals surface area contributed by atoms with Gasteiger partial charge in [0.2, 0.25) is 5.91 Å². The third-order valence-electron chi connectivity index (χ3n) is 3.86. The summed E-state index contributed by atoms with van der Waals surface area (Å²) in [6, 6.07) is 7.66. The molecule has 4 nitrogen and oxygen atoms in total. The van der Waals surface area contributed by atoms with Crippen LogP contribution < -0.4 is 15.4 Å². The van der Waals surface area contributed by atoms with E-state index >= 15 is 0 Å². The Labute approximate surface area is 127 Å². The molecular weight excluding hydrogens is 264 g/mol. The number of nitrogens with one attached hydrogen (secondary N) is 2. The average Bonchev–Trinajstić information content (AvgIpc) is 3.00. The average molecular weight is 290 g/mol. The molecule has 0 bridgehead atoms. The van der Waals surface area contributed by atoms with E-state index in [-0.39, 0.29) is 5.91 Å². The molecule has 4 heteroatoms. The molecule has 0 spiro atoms. The van der Waals surface area contributed by atoms with E-state index in [0.717, 1.165) is 43.8 Å². The predicted octanol–water partition coefficient (Wildman–Crippen LogP) is 3.19. The molecule has 21 heavy (non-hydrogen) atoms. The van der Waals surface area contributed by atoms with Gasteiger partial charge in [-0.3, -0.25) is 4.79 Å². The van der Waals surface area contributed by atoms with Gasteiger partial charge in [0.1, 0.15) is 5.75 Å². The molecule has 2 rings (SSSR count). The van der Waals surface area contributed by atoms with Crippen molar-refractivity contribution in [3.05, 3.63) is 24.3 Å². The summed E-state index contributed by atoms with van der Waals surface area (Å²) in [4.78, 5) is 12.1. The van der Waals surface area contributed by atoms with Gasteiger partial charge in [-0.25, -0.2) is 0 Å². The van der Waals surface area contributed by atoms with Crippen molar-refractivity contribution >= 4 is 11.6 Å². The van der Waals surface area contributed by atoms with Crippen LogP contribution in [0.5, 0.6) is 5.75 Å². The van der Waals surface area contributed by atoms with Gasteiger partial charge in [-0.05, 0) is 50.4 Å². The number of unbranched alkanes of at least 4 members (excludes halogenated alkanes) is 1. The fraction of sp³-hybridized carbons (Fsp3) is 0.588. The number of amides is 1. The SMILES string of the molecule is CCCCOc1ccccc1NC(=O)CCC1CCNC1. The molecule has 1 aliphatic heterocycles. The van der Waals surface area contributed by atoms with Gasteiger partial charge < -0.3 is 15.4 Å². The molecule has 116 valence electrons. The van der Waals surface area contributed by atoms with Crippen LogP contribution in [0.2, 0.25) is 0 Å². The fourth-order valence-electron chi connectivity index (χ4n) is 2.53. The third-order valence-corrected chi connectivity index (χ3v) is 3.86. The van der Waals surface area contributed by atoms with Gasteiger partial charge in [0.05, 0.1) is 12.3 Å². The summed E-state index contributed by atoms with van der Waals surface area (Å²) in [5.41, 5.74) is 0.781. The van der Waals surface area contributed by atoms with Crippen LogP contribution in [0.15, 0.2) is 24.3 Å². The Kier molecular flexibility index (Phi) is 6.54. The van der Waals surface area contributed by atoms with Crippen LogP contribution >= 0.6 is 0 Å². The molecule has 1 heterocycles. The van der Waals surface area contributed by atoms with E-state index in [0.29, 0.717) is 18.9 Å². The zero-order valence-corrected chi connectivity index (χ0v) is 12.9. The topological polar surface area (TPSA) is 50.4 Å². The van der Waals surface area contributed by atoms with Crippen molar-refractivity contribution in [2.75, 3.05) is 25.0 Å². The minimum Gasteiger partial charge on any atom is -0.491 e. The van der Waals surface area contributed by atoms with Crippen LogP contribution in [-0.2, 0) is 4.79 Å². The molecule has 1 unspecified atom stereocenters. The van der Waals surface area contributed by atoms with Crippen molar-refractivity contribution in [3.63, 3.8) is 0 Å². The number of hydrogen-bond acceptors (Lipinski definition) is 3. The standard InChI is InChI=1S/C17H26N2O2/c1-2-3-12-21-16-7-5-4-6-15(16)19-17(20)9-8-14-10-11-18-13-14/h4-7,14,18H,2-3,8-13H2,1H3,(H,19,20). The summed E-state index contributed by atoms with van der Waals surface area (Å²) in [5, 5.41) is 6.31. The molecular formula is C17H26N2O2. The number of benzene rings is 1. The Hall–Kier alpha value is -1.55. The number of para-hydroxylation sites is 2. The van der Waals surface area contributed by atoms with Gasteiger partial charge in [0.25, 0.3) is 0 Å². The Morgan fingerprint density at radius 2 is 2.29 bits per heavy atom. The first-order valence-electron chi connectivity index (χ1n) is 8.02. The molecule has 0 radical (unpaired) electrons. The number of rotatable bonds is 8. The van der Waals surface area contributed by atoms with Crippen molar-refractivity contribution in [2.24, 2.45) is 5.92 Å². The first-order chi connectivity index (χ1) is 10.3. The van der Waals surface area contributed by atoms with Crippen LogP contribution in [0.3, 0.4) is 0 Å². The number of carbonyl (C=O) groups is 1. The van der Waals surface area contributed by atoms with Gasteiger partial charge in [0, 0.05) is 6.42 Å². The van der Waals surface area contributed by atoms with Crippen molar-refractivity contribution in [3.8, 4) is 5.75 Å². The molecule has 2 N–H and O–H groups in total. The number of carbonyl (C=O) groups excluding carboxylic acids is 1. The van der Waals surface area contributed by atoms with E-state index in [2.05, 4.69) is 17.6 Å².